The fourth-order valence-corrected chi connectivity index (χ4v) is 3.21. The van der Waals surface area contributed by atoms with Crippen LogP contribution in [0.25, 0.3) is 16.9 Å². The van der Waals surface area contributed by atoms with Crippen LogP contribution in [0.5, 0.6) is 0 Å². The number of pyridine rings is 2. The predicted molar refractivity (Wildman–Crippen MR) is 109 cm³/mol. The highest BCUT2D eigenvalue weighted by molar-refractivity contribution is 5.89. The Labute approximate surface area is 167 Å². The first-order valence-electron chi connectivity index (χ1n) is 9.09. The van der Waals surface area contributed by atoms with Gasteiger partial charge in [0.2, 0.25) is 0 Å². The van der Waals surface area contributed by atoms with Crippen LogP contribution in [-0.4, -0.2) is 37.4 Å². The Morgan fingerprint density at radius 2 is 1.97 bits per heavy atom. The van der Waals surface area contributed by atoms with Crippen molar-refractivity contribution in [2.75, 3.05) is 12.4 Å². The van der Waals surface area contributed by atoms with Gasteiger partial charge in [0.25, 0.3) is 0 Å². The highest BCUT2D eigenvalue weighted by atomic mass is 16.5. The number of methoxy groups -OCH3 is 1. The molecule has 0 saturated heterocycles. The Hall–Kier alpha value is -3.81. The molecule has 8 nitrogen and oxygen atoms in total. The largest absolute Gasteiger partial charge is 0.464 e. The van der Waals surface area contributed by atoms with Gasteiger partial charge in [0.15, 0.2) is 17.2 Å². The monoisotopic (exact) mass is 388 g/mol. The van der Waals surface area contributed by atoms with Gasteiger partial charge in [-0.15, -0.1) is 0 Å². The molecule has 0 atom stereocenters. The number of carbonyl (C=O) groups excluding carboxylic acids is 1. The number of hydrogen-bond donors (Lipinski definition) is 1. The lowest BCUT2D eigenvalue weighted by Crippen LogP contribution is -2.08. The van der Waals surface area contributed by atoms with Gasteiger partial charge in [-0.1, -0.05) is 6.07 Å². The number of nitrogens with one attached hydrogen (secondary N) is 1. The molecule has 4 rings (SSSR count). The number of fused-ring (bicyclic) bond motifs is 1. The number of imidazole rings is 1. The van der Waals surface area contributed by atoms with Crippen molar-refractivity contribution in [3.05, 3.63) is 71.7 Å². The van der Waals surface area contributed by atoms with Crippen molar-refractivity contribution in [1.82, 2.24) is 24.3 Å². The van der Waals surface area contributed by atoms with Crippen molar-refractivity contribution in [2.24, 2.45) is 0 Å². The molecule has 4 aromatic heterocycles. The molecule has 0 aromatic carbocycles. The summed E-state index contributed by atoms with van der Waals surface area (Å²) in [6, 6.07) is 6.08. The first-order chi connectivity index (χ1) is 14.1. The van der Waals surface area contributed by atoms with Crippen molar-refractivity contribution >= 4 is 17.4 Å². The van der Waals surface area contributed by atoms with Gasteiger partial charge in [0.1, 0.15) is 0 Å². The topological polar surface area (TPSA) is 94.3 Å². The molecule has 29 heavy (non-hydrogen) atoms. The van der Waals surface area contributed by atoms with Crippen LogP contribution >= 0.6 is 0 Å². The lowest BCUT2D eigenvalue weighted by Gasteiger charge is -2.10. The highest BCUT2D eigenvalue weighted by Crippen LogP contribution is 2.22. The van der Waals surface area contributed by atoms with Gasteiger partial charge in [-0.2, -0.15) is 0 Å². The molecule has 4 heterocycles. The molecule has 0 bridgehead atoms. The molecule has 0 fully saturated rings. The first-order valence-corrected chi connectivity index (χ1v) is 9.09. The third-order valence-electron chi connectivity index (χ3n) is 4.59. The summed E-state index contributed by atoms with van der Waals surface area (Å²) >= 11 is 0. The van der Waals surface area contributed by atoms with Gasteiger partial charge in [-0.05, 0) is 37.1 Å². The van der Waals surface area contributed by atoms with E-state index in [-0.39, 0.29) is 0 Å². The van der Waals surface area contributed by atoms with Crippen LogP contribution in [0.3, 0.4) is 0 Å². The van der Waals surface area contributed by atoms with Crippen LogP contribution in [0.4, 0.5) is 5.82 Å². The molecule has 0 spiro atoms. The molecule has 0 saturated carbocycles. The van der Waals surface area contributed by atoms with Crippen LogP contribution in [0.15, 0.2) is 49.2 Å². The molecule has 146 valence electrons. The van der Waals surface area contributed by atoms with Crippen LogP contribution in [-0.2, 0) is 11.3 Å². The Morgan fingerprint density at radius 3 is 2.72 bits per heavy atom. The zero-order valence-corrected chi connectivity index (χ0v) is 16.4. The van der Waals surface area contributed by atoms with Crippen LogP contribution in [0.2, 0.25) is 0 Å². The number of ether oxygens (including phenoxy) is 1. The number of aromatic nitrogens is 5. The van der Waals surface area contributed by atoms with Crippen LogP contribution in [0, 0.1) is 13.8 Å². The lowest BCUT2D eigenvalue weighted by molar-refractivity contribution is 0.0593. The average Bonchev–Trinajstić information content (AvgIpc) is 3.16. The predicted octanol–water partition coefficient (Wildman–Crippen LogP) is 3.20. The summed E-state index contributed by atoms with van der Waals surface area (Å²) < 4.78 is 6.44. The average molecular weight is 388 g/mol. The number of esters is 1. The lowest BCUT2D eigenvalue weighted by atomic mass is 10.1. The minimum atomic E-state index is -0.448. The van der Waals surface area contributed by atoms with Crippen molar-refractivity contribution in [1.29, 1.82) is 0 Å². The highest BCUT2D eigenvalue weighted by Gasteiger charge is 2.15. The molecule has 0 aliphatic heterocycles. The second-order valence-electron chi connectivity index (χ2n) is 6.65. The van der Waals surface area contributed by atoms with Crippen molar-refractivity contribution in [3.63, 3.8) is 0 Å². The SMILES string of the molecule is COC(=O)c1cnc2c(NCc3cnc(-c4ccnc(C)c4)c(C)c3)nccn12. The maximum Gasteiger partial charge on any atom is 0.356 e. The summed E-state index contributed by atoms with van der Waals surface area (Å²) in [5, 5.41) is 3.27. The van der Waals surface area contributed by atoms with E-state index in [1.807, 2.05) is 32.2 Å². The molecule has 0 aliphatic carbocycles. The van der Waals surface area contributed by atoms with Gasteiger partial charge in [0, 0.05) is 42.6 Å². The zero-order chi connectivity index (χ0) is 20.4. The van der Waals surface area contributed by atoms with Crippen LogP contribution in [0.1, 0.15) is 27.3 Å². The van der Waals surface area contributed by atoms with E-state index in [0.29, 0.717) is 23.7 Å². The molecule has 0 unspecified atom stereocenters. The van der Waals surface area contributed by atoms with E-state index < -0.39 is 5.97 Å². The summed E-state index contributed by atoms with van der Waals surface area (Å²) in [6.45, 7) is 4.53. The third kappa shape index (κ3) is 3.64. The van der Waals surface area contributed by atoms with E-state index in [1.54, 1.807) is 23.0 Å². The Kier molecular flexibility index (Phi) is 4.90. The van der Waals surface area contributed by atoms with Crippen molar-refractivity contribution in [2.45, 2.75) is 20.4 Å². The minimum Gasteiger partial charge on any atom is -0.464 e. The summed E-state index contributed by atoms with van der Waals surface area (Å²) in [5.74, 6) is 0.130. The summed E-state index contributed by atoms with van der Waals surface area (Å²) in [6.07, 6.45) is 8.40. The van der Waals surface area contributed by atoms with E-state index in [9.17, 15) is 4.79 Å². The van der Waals surface area contributed by atoms with Gasteiger partial charge < -0.3 is 10.1 Å². The number of anilines is 1. The van der Waals surface area contributed by atoms with Gasteiger partial charge in [0.05, 0.1) is 19.0 Å². The number of carbonyl (C=O) groups is 1. The van der Waals surface area contributed by atoms with Gasteiger partial charge in [-0.3, -0.25) is 14.4 Å². The van der Waals surface area contributed by atoms with E-state index >= 15 is 0 Å². The standard InChI is InChI=1S/C21H20N6O2/c1-13-8-15(10-24-18(13)16-4-5-22-14(2)9-16)11-25-19-20-26-12-17(21(28)29-3)27(20)7-6-23-19/h4-10,12H,11H2,1-3H3,(H,23,25). The summed E-state index contributed by atoms with van der Waals surface area (Å²) in [5.41, 5.74) is 5.95. The Bertz CT molecular complexity index is 1200. The van der Waals surface area contributed by atoms with Crippen molar-refractivity contribution < 1.29 is 9.53 Å². The maximum atomic E-state index is 11.9. The van der Waals surface area contributed by atoms with E-state index in [0.717, 1.165) is 28.1 Å². The minimum absolute atomic E-state index is 0.349. The fraction of sp³-hybridized carbons (Fsp3) is 0.190. The Balaban J connectivity index is 1.56. The first kappa shape index (κ1) is 18.5. The number of aryl methyl sites for hydroxylation is 2. The molecular weight excluding hydrogens is 368 g/mol. The molecule has 0 radical (unpaired) electrons. The molecule has 1 N–H and O–H groups in total. The second-order valence-corrected chi connectivity index (χ2v) is 6.65. The number of rotatable bonds is 5. The quantitative estimate of drug-likeness (QED) is 0.525. The summed E-state index contributed by atoms with van der Waals surface area (Å²) in [4.78, 5) is 29.4. The second kappa shape index (κ2) is 7.67. The third-order valence-corrected chi connectivity index (χ3v) is 4.59. The smallest absolute Gasteiger partial charge is 0.356 e. The van der Waals surface area contributed by atoms with Crippen LogP contribution < -0.4 is 5.32 Å². The zero-order valence-electron chi connectivity index (χ0n) is 16.4. The Morgan fingerprint density at radius 1 is 1.10 bits per heavy atom. The summed E-state index contributed by atoms with van der Waals surface area (Å²) in [7, 11) is 1.34. The number of nitrogens with zero attached hydrogens (tertiary/aromatic N) is 5. The molecule has 8 heteroatoms. The number of hydrogen-bond acceptors (Lipinski definition) is 7. The van der Waals surface area contributed by atoms with Gasteiger partial charge >= 0.3 is 5.97 Å². The van der Waals surface area contributed by atoms with Gasteiger partial charge in [-0.25, -0.2) is 14.8 Å². The van der Waals surface area contributed by atoms with E-state index in [4.69, 9.17) is 4.74 Å². The maximum absolute atomic E-state index is 11.9. The fourth-order valence-electron chi connectivity index (χ4n) is 3.21. The molecule has 0 aliphatic rings. The normalized spacial score (nSPS) is 10.9. The molecule has 4 aromatic rings. The van der Waals surface area contributed by atoms with E-state index in [1.165, 1.54) is 13.3 Å². The van der Waals surface area contributed by atoms with Crippen molar-refractivity contribution in [3.8, 4) is 11.3 Å². The van der Waals surface area contributed by atoms with E-state index in [2.05, 4.69) is 31.3 Å². The molecular formula is C21H20N6O2. The molecule has 0 amide bonds.